The molecule has 0 bridgehead atoms. The molecule has 1 aromatic rings. The molecular weight excluding hydrogens is 376 g/mol. The van der Waals surface area contributed by atoms with Crippen molar-refractivity contribution in [3.63, 3.8) is 0 Å². The molecule has 0 aliphatic carbocycles. The van der Waals surface area contributed by atoms with Gasteiger partial charge >= 0.3 is 0 Å². The Morgan fingerprint density at radius 3 is 2.62 bits per heavy atom. The quantitative estimate of drug-likeness (QED) is 0.754. The number of para-hydroxylation sites is 1. The maximum atomic E-state index is 12.0. The van der Waals surface area contributed by atoms with Gasteiger partial charge in [-0.3, -0.25) is 19.7 Å². The molecule has 138 valence electrons. The molecule has 3 N–H and O–H groups in total. The number of hydrogen-bond acceptors (Lipinski definition) is 6. The van der Waals surface area contributed by atoms with Gasteiger partial charge in [0.25, 0.3) is 11.1 Å². The number of thioether (sulfide) groups is 1. The second-order valence-corrected chi connectivity index (χ2v) is 7.36. The minimum Gasteiger partial charge on any atom is -0.366 e. The lowest BCUT2D eigenvalue weighted by Crippen LogP contribution is -2.49. The van der Waals surface area contributed by atoms with Crippen molar-refractivity contribution in [2.24, 2.45) is 5.73 Å². The fourth-order valence-corrected chi connectivity index (χ4v) is 3.98. The molecule has 26 heavy (non-hydrogen) atoms. The molecule has 7 nitrogen and oxygen atoms in total. The molecule has 2 fully saturated rings. The van der Waals surface area contributed by atoms with Crippen LogP contribution in [0, 0.1) is 0 Å². The van der Waals surface area contributed by atoms with Crippen molar-refractivity contribution >= 4 is 52.2 Å². The smallest absolute Gasteiger partial charge is 0.290 e. The lowest BCUT2D eigenvalue weighted by molar-refractivity contribution is -0.131. The molecule has 0 atom stereocenters. The Kier molecular flexibility index (Phi) is 5.85. The Morgan fingerprint density at radius 1 is 1.27 bits per heavy atom. The molecular formula is C17H19ClN4O3S. The Labute approximate surface area is 160 Å². The second kappa shape index (κ2) is 8.11. The molecule has 0 saturated carbocycles. The number of carbonyl (C=O) groups excluding carboxylic acids is 3. The van der Waals surface area contributed by atoms with Crippen LogP contribution in [0.2, 0.25) is 5.02 Å². The lowest BCUT2D eigenvalue weighted by atomic mass is 10.1. The number of imide groups is 1. The number of nitrogens with two attached hydrogens (primary N) is 1. The van der Waals surface area contributed by atoms with E-state index in [0.29, 0.717) is 49.1 Å². The standard InChI is InChI=1S/C17H19ClN4O3S/c18-12-3-1-2-11(10-13-16(24)20-17(25)26-13)15(12)22-8-6-21(7-9-22)14(23)4-5-19/h1-3,10H,4-9,19H2,(H,20,24,25)/b13-10-. The van der Waals surface area contributed by atoms with E-state index in [9.17, 15) is 14.4 Å². The van der Waals surface area contributed by atoms with E-state index in [1.807, 2.05) is 6.07 Å². The number of rotatable bonds is 4. The number of piperazine rings is 1. The van der Waals surface area contributed by atoms with Crippen molar-refractivity contribution in [2.75, 3.05) is 37.6 Å². The van der Waals surface area contributed by atoms with Crippen LogP contribution in [0.3, 0.4) is 0 Å². The summed E-state index contributed by atoms with van der Waals surface area (Å²) in [6.07, 6.45) is 2.03. The monoisotopic (exact) mass is 394 g/mol. The first kappa shape index (κ1) is 18.8. The highest BCUT2D eigenvalue weighted by Crippen LogP contribution is 2.34. The van der Waals surface area contributed by atoms with E-state index < -0.39 is 5.91 Å². The summed E-state index contributed by atoms with van der Waals surface area (Å²) < 4.78 is 0. The zero-order valence-corrected chi connectivity index (χ0v) is 15.6. The third kappa shape index (κ3) is 4.03. The van der Waals surface area contributed by atoms with Gasteiger partial charge in [-0.05, 0) is 23.9 Å². The van der Waals surface area contributed by atoms with Gasteiger partial charge < -0.3 is 15.5 Å². The van der Waals surface area contributed by atoms with E-state index in [-0.39, 0.29) is 11.1 Å². The molecule has 2 aliphatic rings. The fraction of sp³-hybridized carbons (Fsp3) is 0.353. The number of benzene rings is 1. The lowest BCUT2D eigenvalue weighted by Gasteiger charge is -2.37. The molecule has 9 heteroatoms. The molecule has 2 heterocycles. The summed E-state index contributed by atoms with van der Waals surface area (Å²) in [4.78, 5) is 39.4. The third-order valence-electron chi connectivity index (χ3n) is 4.25. The largest absolute Gasteiger partial charge is 0.366 e. The van der Waals surface area contributed by atoms with Crippen LogP contribution in [-0.2, 0) is 9.59 Å². The Hall–Kier alpha value is -2.03. The van der Waals surface area contributed by atoms with Gasteiger partial charge in [0.1, 0.15) is 0 Å². The number of hydrogen-bond donors (Lipinski definition) is 2. The van der Waals surface area contributed by atoms with Crippen molar-refractivity contribution in [1.82, 2.24) is 10.2 Å². The Bertz CT molecular complexity index is 775. The first-order valence-electron chi connectivity index (χ1n) is 8.25. The molecule has 0 radical (unpaired) electrons. The van der Waals surface area contributed by atoms with Gasteiger partial charge in [0, 0.05) is 44.7 Å². The number of anilines is 1. The van der Waals surface area contributed by atoms with Gasteiger partial charge in [0.2, 0.25) is 5.91 Å². The third-order valence-corrected chi connectivity index (χ3v) is 5.37. The number of nitrogens with zero attached hydrogens (tertiary/aromatic N) is 2. The molecule has 3 amide bonds. The van der Waals surface area contributed by atoms with Crippen molar-refractivity contribution < 1.29 is 14.4 Å². The van der Waals surface area contributed by atoms with E-state index in [2.05, 4.69) is 10.2 Å². The Morgan fingerprint density at radius 2 is 2.00 bits per heavy atom. The first-order valence-corrected chi connectivity index (χ1v) is 9.45. The fourth-order valence-electron chi connectivity index (χ4n) is 3.01. The van der Waals surface area contributed by atoms with E-state index in [1.165, 1.54) is 0 Å². The van der Waals surface area contributed by atoms with E-state index in [4.69, 9.17) is 17.3 Å². The highest BCUT2D eigenvalue weighted by molar-refractivity contribution is 8.18. The summed E-state index contributed by atoms with van der Waals surface area (Å²) in [7, 11) is 0. The van der Waals surface area contributed by atoms with Crippen LogP contribution in [0.15, 0.2) is 23.1 Å². The number of carbonyl (C=O) groups is 3. The summed E-state index contributed by atoms with van der Waals surface area (Å²) in [6.45, 7) is 2.80. The summed E-state index contributed by atoms with van der Waals surface area (Å²) >= 11 is 7.29. The Balaban J connectivity index is 1.81. The number of amides is 3. The molecule has 3 rings (SSSR count). The number of halogens is 1. The van der Waals surface area contributed by atoms with Crippen LogP contribution >= 0.6 is 23.4 Å². The van der Waals surface area contributed by atoms with Crippen LogP contribution in [0.4, 0.5) is 10.5 Å². The van der Waals surface area contributed by atoms with Gasteiger partial charge in [0.15, 0.2) is 0 Å². The van der Waals surface area contributed by atoms with Crippen molar-refractivity contribution in [2.45, 2.75) is 6.42 Å². The van der Waals surface area contributed by atoms with E-state index in [0.717, 1.165) is 23.0 Å². The summed E-state index contributed by atoms with van der Waals surface area (Å²) in [6, 6.07) is 5.45. The van der Waals surface area contributed by atoms with Crippen LogP contribution in [0.25, 0.3) is 6.08 Å². The predicted molar refractivity (Wildman–Crippen MR) is 103 cm³/mol. The van der Waals surface area contributed by atoms with Gasteiger partial charge in [-0.25, -0.2) is 0 Å². The van der Waals surface area contributed by atoms with Gasteiger partial charge in [0.05, 0.1) is 15.6 Å². The van der Waals surface area contributed by atoms with Gasteiger partial charge in [-0.15, -0.1) is 0 Å². The zero-order chi connectivity index (χ0) is 18.7. The molecule has 0 aromatic heterocycles. The average molecular weight is 395 g/mol. The van der Waals surface area contributed by atoms with E-state index in [1.54, 1.807) is 23.1 Å². The van der Waals surface area contributed by atoms with Crippen LogP contribution < -0.4 is 16.0 Å². The second-order valence-electron chi connectivity index (χ2n) is 5.94. The minimum atomic E-state index is -0.400. The van der Waals surface area contributed by atoms with E-state index >= 15 is 0 Å². The van der Waals surface area contributed by atoms with Crippen molar-refractivity contribution in [1.29, 1.82) is 0 Å². The van der Waals surface area contributed by atoms with Crippen LogP contribution in [-0.4, -0.2) is 54.7 Å². The topological polar surface area (TPSA) is 95.7 Å². The van der Waals surface area contributed by atoms with Crippen LogP contribution in [0.5, 0.6) is 0 Å². The maximum Gasteiger partial charge on any atom is 0.290 e. The zero-order valence-electron chi connectivity index (χ0n) is 14.0. The molecule has 0 unspecified atom stereocenters. The summed E-state index contributed by atoms with van der Waals surface area (Å²) in [5.41, 5.74) is 7.03. The van der Waals surface area contributed by atoms with Gasteiger partial charge in [-0.2, -0.15) is 0 Å². The average Bonchev–Trinajstić information content (AvgIpc) is 2.93. The van der Waals surface area contributed by atoms with Gasteiger partial charge in [-0.1, -0.05) is 23.7 Å². The minimum absolute atomic E-state index is 0.0613. The first-order chi connectivity index (χ1) is 12.5. The van der Waals surface area contributed by atoms with Crippen LogP contribution in [0.1, 0.15) is 12.0 Å². The summed E-state index contributed by atoms with van der Waals surface area (Å²) in [5, 5.41) is 2.43. The normalized spacial score (nSPS) is 19.2. The highest BCUT2D eigenvalue weighted by Gasteiger charge is 2.27. The molecule has 2 saturated heterocycles. The predicted octanol–water partition coefficient (Wildman–Crippen LogP) is 1.66. The molecule has 0 spiro atoms. The summed E-state index contributed by atoms with van der Waals surface area (Å²) in [5.74, 6) is -0.339. The maximum absolute atomic E-state index is 12.0. The molecule has 1 aromatic carbocycles. The highest BCUT2D eigenvalue weighted by atomic mass is 35.5. The number of nitrogens with one attached hydrogen (secondary N) is 1. The van der Waals surface area contributed by atoms with Crippen molar-refractivity contribution in [3.8, 4) is 0 Å². The molecule has 2 aliphatic heterocycles. The van der Waals surface area contributed by atoms with Crippen molar-refractivity contribution in [3.05, 3.63) is 33.7 Å². The SMILES string of the molecule is NCCC(=O)N1CCN(c2c(Cl)cccc2/C=C2\SC(=O)NC2=O)CC1.